The molecule has 0 amide bonds. The fourth-order valence-electron chi connectivity index (χ4n) is 3.53. The van der Waals surface area contributed by atoms with Crippen molar-refractivity contribution >= 4 is 39.3 Å². The first-order valence-corrected chi connectivity index (χ1v) is 11.3. The van der Waals surface area contributed by atoms with E-state index in [9.17, 15) is 9.59 Å². The number of carbonyl (C=O) groups is 1. The zero-order chi connectivity index (χ0) is 19.7. The molecular formula is C21H22N2O3S2. The second-order valence-corrected chi connectivity index (χ2v) is 8.88. The Morgan fingerprint density at radius 2 is 2.00 bits per heavy atom. The zero-order valence-corrected chi connectivity index (χ0v) is 17.6. The van der Waals surface area contributed by atoms with Crippen molar-refractivity contribution < 1.29 is 9.53 Å². The zero-order valence-electron chi connectivity index (χ0n) is 16.0. The van der Waals surface area contributed by atoms with Gasteiger partial charge in [0.1, 0.15) is 4.83 Å². The molecule has 0 radical (unpaired) electrons. The number of benzene rings is 1. The van der Waals surface area contributed by atoms with Crippen LogP contribution in [0.4, 0.5) is 0 Å². The number of aromatic nitrogens is 2. The topological polar surface area (TPSA) is 61.2 Å². The number of fused-ring (bicyclic) bond motifs is 3. The molecule has 0 saturated heterocycles. The lowest BCUT2D eigenvalue weighted by molar-refractivity contribution is -0.139. The Morgan fingerprint density at radius 1 is 1.25 bits per heavy atom. The van der Waals surface area contributed by atoms with Gasteiger partial charge in [0.25, 0.3) is 5.56 Å². The van der Waals surface area contributed by atoms with Gasteiger partial charge in [-0.1, -0.05) is 29.5 Å². The van der Waals surface area contributed by atoms with Crippen molar-refractivity contribution in [3.8, 4) is 5.69 Å². The molecule has 0 unspecified atom stereocenters. The second kappa shape index (κ2) is 8.09. The second-order valence-electron chi connectivity index (χ2n) is 6.86. The van der Waals surface area contributed by atoms with Gasteiger partial charge in [0, 0.05) is 4.88 Å². The molecule has 2 aromatic heterocycles. The normalized spacial score (nSPS) is 13.5. The molecule has 0 fully saturated rings. The minimum atomic E-state index is -0.303. The molecule has 1 aromatic carbocycles. The number of aryl methyl sites for hydroxylation is 3. The van der Waals surface area contributed by atoms with E-state index in [0.29, 0.717) is 11.8 Å². The summed E-state index contributed by atoms with van der Waals surface area (Å²) < 4.78 is 6.68. The summed E-state index contributed by atoms with van der Waals surface area (Å²) in [6.45, 7) is 4.14. The minimum absolute atomic E-state index is 0.0420. The van der Waals surface area contributed by atoms with Gasteiger partial charge >= 0.3 is 5.97 Å². The summed E-state index contributed by atoms with van der Waals surface area (Å²) in [5.41, 5.74) is 3.03. The van der Waals surface area contributed by atoms with E-state index in [-0.39, 0.29) is 17.3 Å². The maximum absolute atomic E-state index is 13.5. The van der Waals surface area contributed by atoms with Crippen molar-refractivity contribution in [3.63, 3.8) is 0 Å². The average molecular weight is 415 g/mol. The third-order valence-corrected chi connectivity index (χ3v) is 6.97. The van der Waals surface area contributed by atoms with Crippen molar-refractivity contribution in [2.75, 3.05) is 12.4 Å². The van der Waals surface area contributed by atoms with Crippen molar-refractivity contribution in [3.05, 3.63) is 50.6 Å². The number of thioether (sulfide) groups is 1. The maximum Gasteiger partial charge on any atom is 0.316 e. The molecule has 5 nitrogen and oxygen atoms in total. The predicted molar refractivity (Wildman–Crippen MR) is 114 cm³/mol. The lowest BCUT2D eigenvalue weighted by Crippen LogP contribution is -2.22. The molecular weight excluding hydrogens is 392 g/mol. The van der Waals surface area contributed by atoms with Crippen LogP contribution in [0, 0.1) is 6.92 Å². The predicted octanol–water partition coefficient (Wildman–Crippen LogP) is 4.29. The Kier molecular flexibility index (Phi) is 5.55. The molecule has 0 aliphatic heterocycles. The molecule has 7 heteroatoms. The van der Waals surface area contributed by atoms with Gasteiger partial charge in [-0.3, -0.25) is 14.2 Å². The lowest BCUT2D eigenvalue weighted by atomic mass is 9.97. The van der Waals surface area contributed by atoms with E-state index in [2.05, 4.69) is 0 Å². The van der Waals surface area contributed by atoms with E-state index in [1.54, 1.807) is 22.8 Å². The van der Waals surface area contributed by atoms with Crippen LogP contribution in [-0.2, 0) is 22.4 Å². The van der Waals surface area contributed by atoms with Gasteiger partial charge in [0.05, 0.1) is 23.4 Å². The van der Waals surface area contributed by atoms with E-state index >= 15 is 0 Å². The quantitative estimate of drug-likeness (QED) is 0.354. The molecule has 2 heterocycles. The average Bonchev–Trinajstić information content (AvgIpc) is 3.06. The van der Waals surface area contributed by atoms with Gasteiger partial charge in [-0.25, -0.2) is 4.98 Å². The van der Waals surface area contributed by atoms with Crippen molar-refractivity contribution in [1.82, 2.24) is 9.55 Å². The fraction of sp³-hybridized carbons (Fsp3) is 0.381. The summed E-state index contributed by atoms with van der Waals surface area (Å²) in [4.78, 5) is 32.3. The van der Waals surface area contributed by atoms with Crippen LogP contribution in [0.15, 0.2) is 34.2 Å². The van der Waals surface area contributed by atoms with Crippen LogP contribution in [0.2, 0.25) is 0 Å². The molecule has 3 aromatic rings. The van der Waals surface area contributed by atoms with Crippen LogP contribution < -0.4 is 5.56 Å². The molecule has 1 aliphatic carbocycles. The molecule has 0 spiro atoms. The van der Waals surface area contributed by atoms with E-state index in [0.717, 1.165) is 47.2 Å². The Balaban J connectivity index is 1.87. The monoisotopic (exact) mass is 414 g/mol. The van der Waals surface area contributed by atoms with E-state index in [1.807, 2.05) is 31.2 Å². The molecule has 4 rings (SSSR count). The molecule has 0 atom stereocenters. The first kappa shape index (κ1) is 19.2. The summed E-state index contributed by atoms with van der Waals surface area (Å²) in [7, 11) is 0. The van der Waals surface area contributed by atoms with Crippen molar-refractivity contribution in [2.24, 2.45) is 0 Å². The number of thiophene rings is 1. The van der Waals surface area contributed by atoms with Crippen LogP contribution in [-0.4, -0.2) is 27.9 Å². The first-order chi connectivity index (χ1) is 13.6. The number of hydrogen-bond donors (Lipinski definition) is 0. The van der Waals surface area contributed by atoms with E-state index in [4.69, 9.17) is 9.72 Å². The van der Waals surface area contributed by atoms with Crippen LogP contribution in [0.3, 0.4) is 0 Å². The number of esters is 1. The van der Waals surface area contributed by atoms with Gasteiger partial charge in [-0.05, 0) is 57.2 Å². The number of hydrogen-bond acceptors (Lipinski definition) is 6. The summed E-state index contributed by atoms with van der Waals surface area (Å²) in [5, 5.41) is 1.29. The highest BCUT2D eigenvalue weighted by atomic mass is 32.2. The largest absolute Gasteiger partial charge is 0.465 e. The SMILES string of the molecule is CCOC(=O)CSc1nc2sc3c(c2c(=O)n1-c1ccc(C)cc1)CCCC3. The lowest BCUT2D eigenvalue weighted by Gasteiger charge is -2.13. The number of rotatable bonds is 5. The highest BCUT2D eigenvalue weighted by Crippen LogP contribution is 2.35. The van der Waals surface area contributed by atoms with Gasteiger partial charge in [0.2, 0.25) is 0 Å². The first-order valence-electron chi connectivity index (χ1n) is 9.51. The summed E-state index contributed by atoms with van der Waals surface area (Å²) in [5.74, 6) is -0.175. The van der Waals surface area contributed by atoms with Gasteiger partial charge in [0.15, 0.2) is 5.16 Å². The molecule has 0 saturated carbocycles. The Morgan fingerprint density at radius 3 is 2.75 bits per heavy atom. The summed E-state index contributed by atoms with van der Waals surface area (Å²) >= 11 is 2.88. The molecule has 146 valence electrons. The maximum atomic E-state index is 13.5. The van der Waals surface area contributed by atoms with Gasteiger partial charge in [-0.2, -0.15) is 0 Å². The summed E-state index contributed by atoms with van der Waals surface area (Å²) in [6.07, 6.45) is 4.24. The van der Waals surface area contributed by atoms with Crippen molar-refractivity contribution in [1.29, 1.82) is 0 Å². The standard InChI is InChI=1S/C21H22N2O3S2/c1-3-26-17(24)12-27-21-22-19-18(15-6-4-5-7-16(15)28-19)20(25)23(21)14-10-8-13(2)9-11-14/h8-11H,3-7,12H2,1-2H3. The Labute approximate surface area is 171 Å². The van der Waals surface area contributed by atoms with Crippen LogP contribution >= 0.6 is 23.1 Å². The smallest absolute Gasteiger partial charge is 0.316 e. The molecule has 0 bridgehead atoms. The van der Waals surface area contributed by atoms with Gasteiger partial charge < -0.3 is 4.74 Å². The number of nitrogens with zero attached hydrogens (tertiary/aromatic N) is 2. The van der Waals surface area contributed by atoms with Crippen LogP contribution in [0.5, 0.6) is 0 Å². The third-order valence-electron chi connectivity index (χ3n) is 4.87. The molecule has 1 aliphatic rings. The summed E-state index contributed by atoms with van der Waals surface area (Å²) in [6, 6.07) is 7.82. The minimum Gasteiger partial charge on any atom is -0.465 e. The Bertz CT molecular complexity index is 1080. The van der Waals surface area contributed by atoms with E-state index < -0.39 is 0 Å². The third kappa shape index (κ3) is 3.61. The fourth-order valence-corrected chi connectivity index (χ4v) is 5.64. The molecule has 0 N–H and O–H groups in total. The highest BCUT2D eigenvalue weighted by molar-refractivity contribution is 7.99. The Hall–Kier alpha value is -2.12. The molecule has 28 heavy (non-hydrogen) atoms. The van der Waals surface area contributed by atoms with Crippen LogP contribution in [0.25, 0.3) is 15.9 Å². The highest BCUT2D eigenvalue weighted by Gasteiger charge is 2.23. The van der Waals surface area contributed by atoms with Crippen LogP contribution in [0.1, 0.15) is 35.8 Å². The number of carbonyl (C=O) groups excluding carboxylic acids is 1. The van der Waals surface area contributed by atoms with Gasteiger partial charge in [-0.15, -0.1) is 11.3 Å². The van der Waals surface area contributed by atoms with E-state index in [1.165, 1.54) is 22.2 Å². The van der Waals surface area contributed by atoms with Crippen molar-refractivity contribution in [2.45, 2.75) is 44.7 Å². The number of ether oxygens (including phenoxy) is 1.